The van der Waals surface area contributed by atoms with Crippen LogP contribution in [0.2, 0.25) is 0 Å². The summed E-state index contributed by atoms with van der Waals surface area (Å²) in [5.41, 5.74) is 6.59. The van der Waals surface area contributed by atoms with Crippen LogP contribution < -0.4 is 30.5 Å². The van der Waals surface area contributed by atoms with Crippen molar-refractivity contribution < 1.29 is 38.9 Å². The summed E-state index contributed by atoms with van der Waals surface area (Å²) in [5.74, 6) is -2.78. The molecule has 0 bridgehead atoms. The molecular weight excluding hydrogens is 472 g/mol. The van der Waals surface area contributed by atoms with Gasteiger partial charge in [-0.25, -0.2) is 10.9 Å². The van der Waals surface area contributed by atoms with Crippen molar-refractivity contribution >= 4 is 36.2 Å². The van der Waals surface area contributed by atoms with E-state index in [-0.39, 0.29) is 25.7 Å². The normalized spacial score (nSPS) is 10.8. The van der Waals surface area contributed by atoms with Crippen molar-refractivity contribution in [3.05, 3.63) is 58.7 Å². The Morgan fingerprint density at radius 1 is 0.750 bits per heavy atom. The number of rotatable bonds is 13. The second-order valence-electron chi connectivity index (χ2n) is 7.33. The van der Waals surface area contributed by atoms with Gasteiger partial charge in [0.1, 0.15) is 11.5 Å². The Bertz CT molecular complexity index is 1090. The first kappa shape index (κ1) is 27.5. The highest BCUT2D eigenvalue weighted by Crippen LogP contribution is 2.20. The van der Waals surface area contributed by atoms with Crippen molar-refractivity contribution in [2.45, 2.75) is 25.7 Å². The summed E-state index contributed by atoms with van der Waals surface area (Å²) >= 11 is 0. The molecule has 2 N–H and O–H groups in total. The lowest BCUT2D eigenvalue weighted by atomic mass is 10.1. The van der Waals surface area contributed by atoms with E-state index in [0.717, 1.165) is 0 Å². The molecule has 0 saturated carbocycles. The average molecular weight is 496 g/mol. The third kappa shape index (κ3) is 9.25. The Hall–Kier alpha value is -4.74. The van der Waals surface area contributed by atoms with Gasteiger partial charge in [0.2, 0.25) is 11.8 Å². The van der Waals surface area contributed by atoms with Gasteiger partial charge in [-0.3, -0.25) is 9.59 Å². The van der Waals surface area contributed by atoms with Crippen LogP contribution in [-0.4, -0.2) is 50.4 Å². The molecule has 0 radical (unpaired) electrons. The Labute approximate surface area is 206 Å². The number of aliphatic carboxylic acids is 2. The van der Waals surface area contributed by atoms with Gasteiger partial charge >= 0.3 is 0 Å². The number of carboxylic acids is 2. The van der Waals surface area contributed by atoms with Crippen molar-refractivity contribution in [2.75, 3.05) is 14.2 Å². The summed E-state index contributed by atoms with van der Waals surface area (Å²) < 4.78 is 10.3. The molecule has 0 aliphatic rings. The molecule has 0 aliphatic heterocycles. The lowest BCUT2D eigenvalue weighted by molar-refractivity contribution is -0.306. The standard InChI is InChI=1S/C24H26N4O8/c1-35-19-9-15(3-5-17(19)11-23(31)32)13-25-27-21(29)7-8-22(30)28-26-14-16-4-6-18(12-24(33)34)20(10-16)36-2/h3-6,9-10,13-14H,7-8,11-12H2,1-2H3,(H,27,29)(H,28,30)(H,31,32)(H,33,34)/p-2/b25-13+,26-14+. The van der Waals surface area contributed by atoms with Crippen LogP contribution in [-0.2, 0) is 32.0 Å². The van der Waals surface area contributed by atoms with Gasteiger partial charge in [-0.05, 0) is 34.4 Å². The fourth-order valence-electron chi connectivity index (χ4n) is 2.98. The predicted molar refractivity (Wildman–Crippen MR) is 124 cm³/mol. The maximum atomic E-state index is 11.9. The topological polar surface area (TPSA) is 182 Å². The largest absolute Gasteiger partial charge is 0.550 e. The fraction of sp³-hybridized carbons (Fsp3) is 0.250. The van der Waals surface area contributed by atoms with E-state index in [2.05, 4.69) is 21.1 Å². The lowest BCUT2D eigenvalue weighted by Gasteiger charge is -2.09. The van der Waals surface area contributed by atoms with E-state index in [4.69, 9.17) is 9.47 Å². The molecule has 0 heterocycles. The van der Waals surface area contributed by atoms with Crippen molar-refractivity contribution in [2.24, 2.45) is 10.2 Å². The number of carboxylic acid groups (broad SMARTS) is 2. The number of nitrogens with one attached hydrogen (secondary N) is 2. The zero-order valence-corrected chi connectivity index (χ0v) is 19.6. The lowest BCUT2D eigenvalue weighted by Crippen LogP contribution is -2.24. The highest BCUT2D eigenvalue weighted by atomic mass is 16.5. The highest BCUT2D eigenvalue weighted by Gasteiger charge is 2.07. The number of benzene rings is 2. The molecule has 2 aromatic carbocycles. The van der Waals surface area contributed by atoms with Gasteiger partial charge < -0.3 is 29.3 Å². The zero-order valence-electron chi connectivity index (χ0n) is 19.6. The van der Waals surface area contributed by atoms with Gasteiger partial charge in [-0.1, -0.05) is 24.3 Å². The fourth-order valence-corrected chi connectivity index (χ4v) is 2.98. The minimum Gasteiger partial charge on any atom is -0.550 e. The molecule has 0 atom stereocenters. The first-order valence-electron chi connectivity index (χ1n) is 10.6. The van der Waals surface area contributed by atoms with E-state index in [9.17, 15) is 29.4 Å². The second kappa shape index (κ2) is 13.8. The first-order chi connectivity index (χ1) is 17.2. The van der Waals surface area contributed by atoms with Crippen molar-refractivity contribution in [3.63, 3.8) is 0 Å². The molecule has 0 unspecified atom stereocenters. The van der Waals surface area contributed by atoms with Gasteiger partial charge in [0.15, 0.2) is 0 Å². The smallest absolute Gasteiger partial charge is 0.240 e. The summed E-state index contributed by atoms with van der Waals surface area (Å²) in [7, 11) is 2.80. The molecule has 0 aliphatic carbocycles. The molecule has 12 nitrogen and oxygen atoms in total. The minimum atomic E-state index is -1.23. The Morgan fingerprint density at radius 2 is 1.14 bits per heavy atom. The quantitative estimate of drug-likeness (QED) is 0.253. The molecule has 2 amide bonds. The molecule has 2 rings (SSSR count). The SMILES string of the molecule is COc1cc(/C=N/NC(=O)CCC(=O)N/N=C/c2ccc(CC(=O)[O-])c(OC)c2)ccc1CC(=O)[O-]. The highest BCUT2D eigenvalue weighted by molar-refractivity contribution is 5.87. The molecule has 0 spiro atoms. The molecule has 12 heteroatoms. The van der Waals surface area contributed by atoms with Gasteiger partial charge in [-0.2, -0.15) is 10.2 Å². The van der Waals surface area contributed by atoms with Crippen LogP contribution in [0.4, 0.5) is 0 Å². The van der Waals surface area contributed by atoms with Gasteiger partial charge in [0.05, 0.1) is 26.6 Å². The number of hydrogen-bond acceptors (Lipinski definition) is 10. The number of hydrogen-bond donors (Lipinski definition) is 2. The Morgan fingerprint density at radius 3 is 1.47 bits per heavy atom. The van der Waals surface area contributed by atoms with E-state index in [0.29, 0.717) is 33.8 Å². The van der Waals surface area contributed by atoms with E-state index < -0.39 is 23.8 Å². The number of methoxy groups -OCH3 is 2. The van der Waals surface area contributed by atoms with Crippen LogP contribution in [0.5, 0.6) is 11.5 Å². The Balaban J connectivity index is 1.80. The Kier molecular flexibility index (Phi) is 10.6. The van der Waals surface area contributed by atoms with E-state index >= 15 is 0 Å². The minimum absolute atomic E-state index is 0.141. The third-order valence-corrected chi connectivity index (χ3v) is 4.68. The maximum Gasteiger partial charge on any atom is 0.240 e. The number of hydrazone groups is 2. The molecule has 0 aromatic heterocycles. The number of amides is 2. The number of ether oxygens (including phenoxy) is 2. The van der Waals surface area contributed by atoms with Gasteiger partial charge in [0.25, 0.3) is 0 Å². The molecule has 2 aromatic rings. The summed E-state index contributed by atoms with van der Waals surface area (Å²) in [6.07, 6.45) is 1.82. The van der Waals surface area contributed by atoms with Gasteiger partial charge in [-0.15, -0.1) is 0 Å². The molecule has 0 saturated heterocycles. The molecule has 0 fully saturated rings. The molecular formula is C24H24N4O8-2. The van der Waals surface area contributed by atoms with Crippen LogP contribution in [0.15, 0.2) is 46.6 Å². The predicted octanol–water partition coefficient (Wildman–Crippen LogP) is -1.33. The van der Waals surface area contributed by atoms with Crippen molar-refractivity contribution in [1.29, 1.82) is 0 Å². The van der Waals surface area contributed by atoms with Crippen molar-refractivity contribution in [1.82, 2.24) is 10.9 Å². The number of carbonyl (C=O) groups excluding carboxylic acids is 4. The summed E-state index contributed by atoms with van der Waals surface area (Å²) in [6.45, 7) is 0. The van der Waals surface area contributed by atoms with Crippen molar-refractivity contribution in [3.8, 4) is 11.5 Å². The number of carbonyl (C=O) groups is 4. The third-order valence-electron chi connectivity index (χ3n) is 4.68. The molecule has 36 heavy (non-hydrogen) atoms. The van der Waals surface area contributed by atoms with E-state index in [1.165, 1.54) is 26.6 Å². The van der Waals surface area contributed by atoms with Crippen LogP contribution in [0.1, 0.15) is 35.1 Å². The zero-order chi connectivity index (χ0) is 26.5. The van der Waals surface area contributed by atoms with Crippen LogP contribution in [0.25, 0.3) is 0 Å². The van der Waals surface area contributed by atoms with Crippen LogP contribution in [0, 0.1) is 0 Å². The maximum absolute atomic E-state index is 11.9. The summed E-state index contributed by atoms with van der Waals surface area (Å²) in [5, 5.41) is 29.1. The van der Waals surface area contributed by atoms with Gasteiger partial charge in [0, 0.05) is 37.6 Å². The number of nitrogens with zero attached hydrogens (tertiary/aromatic N) is 2. The van der Waals surface area contributed by atoms with Crippen LogP contribution >= 0.6 is 0 Å². The second-order valence-corrected chi connectivity index (χ2v) is 7.33. The summed E-state index contributed by atoms with van der Waals surface area (Å²) in [6, 6.07) is 9.45. The summed E-state index contributed by atoms with van der Waals surface area (Å²) in [4.78, 5) is 45.4. The average Bonchev–Trinajstić information content (AvgIpc) is 2.83. The molecule has 190 valence electrons. The van der Waals surface area contributed by atoms with E-state index in [1.54, 1.807) is 36.4 Å². The first-order valence-corrected chi connectivity index (χ1v) is 10.6. The van der Waals surface area contributed by atoms with Crippen LogP contribution in [0.3, 0.4) is 0 Å². The van der Waals surface area contributed by atoms with E-state index in [1.807, 2.05) is 0 Å². The monoisotopic (exact) mass is 496 g/mol.